The molecule has 0 unspecified atom stereocenters. The number of rotatable bonds is 1. The van der Waals surface area contributed by atoms with Crippen molar-refractivity contribution in [2.24, 2.45) is 0 Å². The molecule has 0 saturated heterocycles. The van der Waals surface area contributed by atoms with Crippen molar-refractivity contribution in [2.75, 3.05) is 6.54 Å². The Labute approximate surface area is 143 Å². The molecule has 24 heavy (non-hydrogen) atoms. The highest BCUT2D eigenvalue weighted by Gasteiger charge is 2.25. The Morgan fingerprint density at radius 3 is 2.88 bits per heavy atom. The maximum Gasteiger partial charge on any atom is 0.258 e. The van der Waals surface area contributed by atoms with Crippen molar-refractivity contribution >= 4 is 28.4 Å². The van der Waals surface area contributed by atoms with E-state index in [1.165, 1.54) is 5.56 Å². The number of H-pyrrole nitrogens is 2. The fourth-order valence-corrected chi connectivity index (χ4v) is 3.52. The molecular formula is C18H16ClN3O2. The largest absolute Gasteiger partial charge is 0.360 e. The van der Waals surface area contributed by atoms with Crippen molar-refractivity contribution in [3.05, 3.63) is 68.2 Å². The van der Waals surface area contributed by atoms with Crippen LogP contribution in [0.2, 0.25) is 5.02 Å². The molecule has 4 rings (SSSR count). The minimum Gasteiger partial charge on any atom is -0.360 e. The molecule has 2 N–H and O–H groups in total. The molecule has 3 aromatic rings. The standard InChI is InChI=1S/C18H16ClN3O2/c1-10-7-21-17(23)15-14(8-20-16(10)15)18(24)22-5-4-11-2-3-13(19)6-12(11)9-22/h2-3,6-8,20H,4-5,9H2,1H3,(H,21,23). The Kier molecular flexibility index (Phi) is 3.46. The molecule has 122 valence electrons. The van der Waals surface area contributed by atoms with Crippen molar-refractivity contribution < 1.29 is 4.79 Å². The second-order valence-electron chi connectivity index (χ2n) is 6.14. The SMILES string of the molecule is Cc1c[nH]c(=O)c2c(C(=O)N3CCc4ccc(Cl)cc4C3)c[nH]c12. The van der Waals surface area contributed by atoms with E-state index in [1.54, 1.807) is 17.3 Å². The number of aromatic nitrogens is 2. The number of aromatic amines is 2. The molecule has 1 aliphatic heterocycles. The monoisotopic (exact) mass is 341 g/mol. The van der Waals surface area contributed by atoms with Crippen LogP contribution in [0, 0.1) is 6.92 Å². The Bertz CT molecular complexity index is 1020. The van der Waals surface area contributed by atoms with Gasteiger partial charge < -0.3 is 14.9 Å². The summed E-state index contributed by atoms with van der Waals surface area (Å²) >= 11 is 6.07. The minimum absolute atomic E-state index is 0.136. The van der Waals surface area contributed by atoms with E-state index in [0.29, 0.717) is 34.6 Å². The van der Waals surface area contributed by atoms with Gasteiger partial charge in [0.25, 0.3) is 11.5 Å². The summed E-state index contributed by atoms with van der Waals surface area (Å²) in [6, 6.07) is 5.79. The second-order valence-corrected chi connectivity index (χ2v) is 6.58. The van der Waals surface area contributed by atoms with Crippen LogP contribution in [0.15, 0.2) is 35.4 Å². The molecule has 0 radical (unpaired) electrons. The van der Waals surface area contributed by atoms with Crippen LogP contribution >= 0.6 is 11.6 Å². The number of amides is 1. The molecule has 2 aromatic heterocycles. The predicted octanol–water partition coefficient (Wildman–Crippen LogP) is 3.02. The molecular weight excluding hydrogens is 326 g/mol. The maximum atomic E-state index is 13.0. The molecule has 0 fully saturated rings. The normalized spacial score (nSPS) is 14.0. The van der Waals surface area contributed by atoms with Crippen LogP contribution in [0.25, 0.3) is 10.9 Å². The highest BCUT2D eigenvalue weighted by molar-refractivity contribution is 6.30. The Morgan fingerprint density at radius 2 is 2.04 bits per heavy atom. The number of hydrogen-bond donors (Lipinski definition) is 2. The first-order chi connectivity index (χ1) is 11.5. The van der Waals surface area contributed by atoms with Crippen molar-refractivity contribution in [1.29, 1.82) is 0 Å². The first kappa shape index (κ1) is 15.0. The molecule has 1 aromatic carbocycles. The zero-order valence-corrected chi connectivity index (χ0v) is 13.9. The van der Waals surface area contributed by atoms with E-state index in [1.807, 2.05) is 25.1 Å². The van der Waals surface area contributed by atoms with Crippen molar-refractivity contribution in [1.82, 2.24) is 14.9 Å². The third-order valence-electron chi connectivity index (χ3n) is 4.62. The summed E-state index contributed by atoms with van der Waals surface area (Å²) in [5.41, 5.74) is 4.06. The van der Waals surface area contributed by atoms with E-state index in [9.17, 15) is 9.59 Å². The van der Waals surface area contributed by atoms with Crippen LogP contribution in [-0.4, -0.2) is 27.3 Å². The van der Waals surface area contributed by atoms with Crippen molar-refractivity contribution in [2.45, 2.75) is 19.9 Å². The summed E-state index contributed by atoms with van der Waals surface area (Å²) < 4.78 is 0. The molecule has 0 bridgehead atoms. The lowest BCUT2D eigenvalue weighted by molar-refractivity contribution is 0.0736. The summed E-state index contributed by atoms with van der Waals surface area (Å²) in [6.45, 7) is 3.02. The van der Waals surface area contributed by atoms with E-state index in [-0.39, 0.29) is 11.5 Å². The Morgan fingerprint density at radius 1 is 1.21 bits per heavy atom. The number of aryl methyl sites for hydroxylation is 1. The van der Waals surface area contributed by atoms with Gasteiger partial charge in [0.05, 0.1) is 16.5 Å². The van der Waals surface area contributed by atoms with Gasteiger partial charge in [-0.2, -0.15) is 0 Å². The van der Waals surface area contributed by atoms with Gasteiger partial charge in [0.2, 0.25) is 0 Å². The van der Waals surface area contributed by atoms with Gasteiger partial charge in [0.1, 0.15) is 0 Å². The second kappa shape index (κ2) is 5.53. The molecule has 1 amide bonds. The number of nitrogens with one attached hydrogen (secondary N) is 2. The maximum absolute atomic E-state index is 13.0. The van der Waals surface area contributed by atoms with Gasteiger partial charge in [0.15, 0.2) is 0 Å². The van der Waals surface area contributed by atoms with Crippen molar-refractivity contribution in [3.8, 4) is 0 Å². The number of pyridine rings is 1. The Hall–Kier alpha value is -2.53. The molecule has 0 aliphatic carbocycles. The molecule has 0 atom stereocenters. The number of carbonyl (C=O) groups excluding carboxylic acids is 1. The van der Waals surface area contributed by atoms with Crippen LogP contribution in [-0.2, 0) is 13.0 Å². The van der Waals surface area contributed by atoms with Gasteiger partial charge in [-0.05, 0) is 42.2 Å². The van der Waals surface area contributed by atoms with Gasteiger partial charge in [-0.1, -0.05) is 17.7 Å². The third-order valence-corrected chi connectivity index (χ3v) is 4.85. The Balaban J connectivity index is 1.73. The van der Waals surface area contributed by atoms with E-state index in [0.717, 1.165) is 17.5 Å². The van der Waals surface area contributed by atoms with Gasteiger partial charge in [-0.3, -0.25) is 9.59 Å². The summed E-state index contributed by atoms with van der Waals surface area (Å²) in [5, 5.41) is 1.10. The molecule has 1 aliphatic rings. The van der Waals surface area contributed by atoms with Crippen LogP contribution in [0.4, 0.5) is 0 Å². The third kappa shape index (κ3) is 2.32. The van der Waals surface area contributed by atoms with Crippen LogP contribution in [0.3, 0.4) is 0 Å². The first-order valence-electron chi connectivity index (χ1n) is 7.80. The molecule has 5 nitrogen and oxygen atoms in total. The smallest absolute Gasteiger partial charge is 0.258 e. The highest BCUT2D eigenvalue weighted by Crippen LogP contribution is 2.25. The van der Waals surface area contributed by atoms with Gasteiger partial charge in [-0.15, -0.1) is 0 Å². The number of carbonyl (C=O) groups is 1. The van der Waals surface area contributed by atoms with E-state index in [2.05, 4.69) is 9.97 Å². The molecule has 6 heteroatoms. The lowest BCUT2D eigenvalue weighted by Gasteiger charge is -2.28. The summed E-state index contributed by atoms with van der Waals surface area (Å²) in [6.07, 6.45) is 4.06. The number of fused-ring (bicyclic) bond motifs is 2. The predicted molar refractivity (Wildman–Crippen MR) is 93.6 cm³/mol. The van der Waals surface area contributed by atoms with E-state index in [4.69, 9.17) is 11.6 Å². The average molecular weight is 342 g/mol. The van der Waals surface area contributed by atoms with Crippen molar-refractivity contribution in [3.63, 3.8) is 0 Å². The quantitative estimate of drug-likeness (QED) is 0.714. The first-order valence-corrected chi connectivity index (χ1v) is 8.18. The fourth-order valence-electron chi connectivity index (χ4n) is 3.33. The van der Waals surface area contributed by atoms with E-state index >= 15 is 0 Å². The van der Waals surface area contributed by atoms with Gasteiger partial charge in [0, 0.05) is 30.5 Å². The topological polar surface area (TPSA) is 69.0 Å². The van der Waals surface area contributed by atoms with Crippen LogP contribution in [0.1, 0.15) is 27.0 Å². The zero-order chi connectivity index (χ0) is 16.8. The fraction of sp³-hybridized carbons (Fsp3) is 0.222. The molecule has 0 saturated carbocycles. The lowest BCUT2D eigenvalue weighted by Crippen LogP contribution is -2.36. The zero-order valence-electron chi connectivity index (χ0n) is 13.1. The number of halogens is 1. The van der Waals surface area contributed by atoms with Crippen LogP contribution in [0.5, 0.6) is 0 Å². The minimum atomic E-state index is -0.249. The lowest BCUT2D eigenvalue weighted by atomic mass is 9.99. The summed E-state index contributed by atoms with van der Waals surface area (Å²) in [7, 11) is 0. The molecule has 0 spiro atoms. The van der Waals surface area contributed by atoms with E-state index < -0.39 is 0 Å². The van der Waals surface area contributed by atoms with Gasteiger partial charge in [-0.25, -0.2) is 0 Å². The highest BCUT2D eigenvalue weighted by atomic mass is 35.5. The number of nitrogens with zero attached hydrogens (tertiary/aromatic N) is 1. The van der Waals surface area contributed by atoms with Crippen LogP contribution < -0.4 is 5.56 Å². The average Bonchev–Trinajstić information content (AvgIpc) is 3.03. The number of hydrogen-bond acceptors (Lipinski definition) is 2. The molecule has 3 heterocycles. The number of benzene rings is 1. The van der Waals surface area contributed by atoms with Gasteiger partial charge >= 0.3 is 0 Å². The summed E-state index contributed by atoms with van der Waals surface area (Å²) in [4.78, 5) is 32.6. The summed E-state index contributed by atoms with van der Waals surface area (Å²) in [5.74, 6) is -0.136.